The first-order valence-corrected chi connectivity index (χ1v) is 5.81. The molecular formula is C12H17N3O2. The van der Waals surface area contributed by atoms with Crippen molar-refractivity contribution in [1.29, 1.82) is 0 Å². The predicted molar refractivity (Wildman–Crippen MR) is 65.1 cm³/mol. The number of hydrogen-bond donors (Lipinski definition) is 2. The van der Waals surface area contributed by atoms with Gasteiger partial charge in [-0.2, -0.15) is 0 Å². The molecule has 0 spiro atoms. The lowest BCUT2D eigenvalue weighted by Gasteiger charge is -2.12. The molecule has 0 aromatic carbocycles. The van der Waals surface area contributed by atoms with E-state index in [1.807, 2.05) is 0 Å². The second-order valence-corrected chi connectivity index (χ2v) is 4.10. The number of esters is 1. The summed E-state index contributed by atoms with van der Waals surface area (Å²) in [5, 5.41) is 6.62. The Morgan fingerprint density at radius 2 is 2.59 bits per heavy atom. The summed E-state index contributed by atoms with van der Waals surface area (Å²) in [6, 6.07) is 3.85. The molecule has 5 heteroatoms. The fourth-order valence-corrected chi connectivity index (χ4v) is 1.93. The van der Waals surface area contributed by atoms with E-state index in [4.69, 9.17) is 0 Å². The quantitative estimate of drug-likeness (QED) is 0.763. The van der Waals surface area contributed by atoms with Gasteiger partial charge in [-0.05, 0) is 31.5 Å². The van der Waals surface area contributed by atoms with Gasteiger partial charge in [0.05, 0.1) is 12.7 Å². The standard InChI is InChI=1S/C12H17N3O2/c1-17-12(16)9-4-6-14-11(7-9)15-8-10-3-2-5-13-10/h4,6-7,10,13H,2-3,5,8H2,1H3,(H,14,15). The summed E-state index contributed by atoms with van der Waals surface area (Å²) in [6.45, 7) is 1.92. The number of rotatable bonds is 4. The van der Waals surface area contributed by atoms with Crippen LogP contribution in [-0.2, 0) is 4.74 Å². The molecule has 2 N–H and O–H groups in total. The van der Waals surface area contributed by atoms with Crippen molar-refractivity contribution >= 4 is 11.8 Å². The number of carbonyl (C=O) groups is 1. The molecule has 0 bridgehead atoms. The minimum atomic E-state index is -0.338. The highest BCUT2D eigenvalue weighted by Gasteiger charge is 2.13. The monoisotopic (exact) mass is 235 g/mol. The van der Waals surface area contributed by atoms with E-state index in [0.717, 1.165) is 13.1 Å². The SMILES string of the molecule is COC(=O)c1ccnc(NCC2CCCN2)c1. The van der Waals surface area contributed by atoms with Crippen LogP contribution in [0.3, 0.4) is 0 Å². The van der Waals surface area contributed by atoms with Gasteiger partial charge in [-0.15, -0.1) is 0 Å². The maximum Gasteiger partial charge on any atom is 0.338 e. The van der Waals surface area contributed by atoms with E-state index in [1.54, 1.807) is 18.3 Å². The molecule has 2 heterocycles. The normalized spacial score (nSPS) is 19.0. The second-order valence-electron chi connectivity index (χ2n) is 4.10. The molecule has 1 aromatic rings. The van der Waals surface area contributed by atoms with Gasteiger partial charge in [0.25, 0.3) is 0 Å². The van der Waals surface area contributed by atoms with E-state index in [1.165, 1.54) is 20.0 Å². The van der Waals surface area contributed by atoms with Crippen LogP contribution >= 0.6 is 0 Å². The Labute approximate surface area is 101 Å². The van der Waals surface area contributed by atoms with Crippen molar-refractivity contribution in [2.75, 3.05) is 25.5 Å². The summed E-state index contributed by atoms with van der Waals surface area (Å²) in [6.07, 6.45) is 4.02. The van der Waals surface area contributed by atoms with Gasteiger partial charge >= 0.3 is 5.97 Å². The van der Waals surface area contributed by atoms with E-state index in [0.29, 0.717) is 17.4 Å². The Hall–Kier alpha value is -1.62. The lowest BCUT2D eigenvalue weighted by Crippen LogP contribution is -2.29. The van der Waals surface area contributed by atoms with E-state index < -0.39 is 0 Å². The third-order valence-electron chi connectivity index (χ3n) is 2.87. The molecule has 1 aliphatic rings. The second kappa shape index (κ2) is 5.63. The molecule has 5 nitrogen and oxygen atoms in total. The molecule has 17 heavy (non-hydrogen) atoms. The van der Waals surface area contributed by atoms with Crippen molar-refractivity contribution in [3.05, 3.63) is 23.9 Å². The molecule has 1 fully saturated rings. The summed E-state index contributed by atoms with van der Waals surface area (Å²) < 4.78 is 4.66. The van der Waals surface area contributed by atoms with Crippen LogP contribution in [0.25, 0.3) is 0 Å². The van der Waals surface area contributed by atoms with E-state index in [9.17, 15) is 4.79 Å². The molecule has 1 atom stereocenters. The molecule has 1 aliphatic heterocycles. The number of methoxy groups -OCH3 is 1. The zero-order valence-corrected chi connectivity index (χ0v) is 9.90. The number of nitrogens with zero attached hydrogens (tertiary/aromatic N) is 1. The highest BCUT2D eigenvalue weighted by Crippen LogP contribution is 2.10. The number of pyridine rings is 1. The molecular weight excluding hydrogens is 218 g/mol. The van der Waals surface area contributed by atoms with Crippen molar-refractivity contribution in [3.8, 4) is 0 Å². The number of nitrogens with one attached hydrogen (secondary N) is 2. The van der Waals surface area contributed by atoms with Gasteiger partial charge in [0.15, 0.2) is 0 Å². The zero-order valence-electron chi connectivity index (χ0n) is 9.90. The van der Waals surface area contributed by atoms with Crippen LogP contribution in [0.5, 0.6) is 0 Å². The summed E-state index contributed by atoms with van der Waals surface area (Å²) in [7, 11) is 1.37. The van der Waals surface area contributed by atoms with Gasteiger partial charge in [-0.3, -0.25) is 0 Å². The van der Waals surface area contributed by atoms with Gasteiger partial charge in [-0.25, -0.2) is 9.78 Å². The third kappa shape index (κ3) is 3.17. The molecule has 92 valence electrons. The molecule has 0 amide bonds. The molecule has 1 unspecified atom stereocenters. The minimum absolute atomic E-state index is 0.338. The summed E-state index contributed by atoms with van der Waals surface area (Å²) >= 11 is 0. The molecule has 0 saturated carbocycles. The summed E-state index contributed by atoms with van der Waals surface area (Å²) in [5.74, 6) is 0.371. The Bertz CT molecular complexity index is 389. The smallest absolute Gasteiger partial charge is 0.338 e. The maximum atomic E-state index is 11.3. The van der Waals surface area contributed by atoms with E-state index in [2.05, 4.69) is 20.4 Å². The van der Waals surface area contributed by atoms with Crippen molar-refractivity contribution < 1.29 is 9.53 Å². The number of ether oxygens (including phenoxy) is 1. The third-order valence-corrected chi connectivity index (χ3v) is 2.87. The highest BCUT2D eigenvalue weighted by molar-refractivity contribution is 5.89. The Morgan fingerprint density at radius 1 is 1.71 bits per heavy atom. The zero-order chi connectivity index (χ0) is 12.1. The Balaban J connectivity index is 1.93. The maximum absolute atomic E-state index is 11.3. The highest BCUT2D eigenvalue weighted by atomic mass is 16.5. The summed E-state index contributed by atoms with van der Waals surface area (Å²) in [4.78, 5) is 15.5. The fourth-order valence-electron chi connectivity index (χ4n) is 1.93. The molecule has 2 rings (SSSR count). The lowest BCUT2D eigenvalue weighted by molar-refractivity contribution is 0.0600. The van der Waals surface area contributed by atoms with E-state index >= 15 is 0 Å². The van der Waals surface area contributed by atoms with Crippen LogP contribution in [0.2, 0.25) is 0 Å². The Morgan fingerprint density at radius 3 is 3.29 bits per heavy atom. The molecule has 1 saturated heterocycles. The topological polar surface area (TPSA) is 63.2 Å². The van der Waals surface area contributed by atoms with Gasteiger partial charge in [0, 0.05) is 18.8 Å². The van der Waals surface area contributed by atoms with E-state index in [-0.39, 0.29) is 5.97 Å². The molecule has 1 aromatic heterocycles. The van der Waals surface area contributed by atoms with Crippen LogP contribution in [0.4, 0.5) is 5.82 Å². The number of aromatic nitrogens is 1. The minimum Gasteiger partial charge on any atom is -0.465 e. The fraction of sp³-hybridized carbons (Fsp3) is 0.500. The van der Waals surface area contributed by atoms with Crippen LogP contribution in [0.15, 0.2) is 18.3 Å². The lowest BCUT2D eigenvalue weighted by atomic mass is 10.2. The van der Waals surface area contributed by atoms with Crippen molar-refractivity contribution in [2.45, 2.75) is 18.9 Å². The van der Waals surface area contributed by atoms with Crippen LogP contribution in [-0.4, -0.2) is 37.2 Å². The van der Waals surface area contributed by atoms with Gasteiger partial charge < -0.3 is 15.4 Å². The van der Waals surface area contributed by atoms with Crippen molar-refractivity contribution in [1.82, 2.24) is 10.3 Å². The van der Waals surface area contributed by atoms with Crippen molar-refractivity contribution in [3.63, 3.8) is 0 Å². The first-order valence-electron chi connectivity index (χ1n) is 5.81. The number of carbonyl (C=O) groups excluding carboxylic acids is 1. The first kappa shape index (κ1) is 11.9. The molecule has 0 aliphatic carbocycles. The van der Waals surface area contributed by atoms with Gasteiger partial charge in [0.1, 0.15) is 5.82 Å². The van der Waals surface area contributed by atoms with Gasteiger partial charge in [0.2, 0.25) is 0 Å². The van der Waals surface area contributed by atoms with Crippen LogP contribution in [0, 0.1) is 0 Å². The van der Waals surface area contributed by atoms with Crippen molar-refractivity contribution in [2.24, 2.45) is 0 Å². The number of anilines is 1. The van der Waals surface area contributed by atoms with Crippen LogP contribution in [0.1, 0.15) is 23.2 Å². The predicted octanol–water partition coefficient (Wildman–Crippen LogP) is 1.03. The Kier molecular flexibility index (Phi) is 3.93. The van der Waals surface area contributed by atoms with Gasteiger partial charge in [-0.1, -0.05) is 0 Å². The largest absolute Gasteiger partial charge is 0.465 e. The average Bonchev–Trinajstić information content (AvgIpc) is 2.89. The summed E-state index contributed by atoms with van der Waals surface area (Å²) in [5.41, 5.74) is 0.518. The first-order chi connectivity index (χ1) is 8.29. The van der Waals surface area contributed by atoms with Crippen LogP contribution < -0.4 is 10.6 Å². The number of hydrogen-bond acceptors (Lipinski definition) is 5. The average molecular weight is 235 g/mol. The molecule has 0 radical (unpaired) electrons.